The maximum atomic E-state index is 13.1. The van der Waals surface area contributed by atoms with Gasteiger partial charge in [0.05, 0.1) is 18.1 Å². The van der Waals surface area contributed by atoms with Crippen LogP contribution < -0.4 is 14.2 Å². The topological polar surface area (TPSA) is 166 Å². The van der Waals surface area contributed by atoms with Crippen molar-refractivity contribution in [1.29, 1.82) is 0 Å². The molecule has 0 atom stereocenters. The van der Waals surface area contributed by atoms with Crippen LogP contribution in [-0.4, -0.2) is 61.0 Å². The molecule has 12 nitrogen and oxygen atoms in total. The number of hydrogen-bond acceptors (Lipinski definition) is 12. The van der Waals surface area contributed by atoms with Gasteiger partial charge in [0.15, 0.2) is 5.78 Å². The first kappa shape index (κ1) is 36.2. The molecule has 0 saturated heterocycles. The van der Waals surface area contributed by atoms with E-state index in [0.717, 1.165) is 12.2 Å². The summed E-state index contributed by atoms with van der Waals surface area (Å²) in [5, 5.41) is 0. The largest absolute Gasteiger partial charge is 0.460 e. The van der Waals surface area contributed by atoms with Crippen LogP contribution in [-0.2, 0) is 28.7 Å². The number of rotatable bonds is 16. The normalized spacial score (nSPS) is 15.4. The molecule has 2 aromatic rings. The Morgan fingerprint density at radius 1 is 0.745 bits per heavy atom. The molecule has 2 aromatic carbocycles. The number of carbonyl (C=O) groups is 7. The van der Waals surface area contributed by atoms with E-state index in [4.69, 9.17) is 23.7 Å². The smallest absolute Gasteiger partial charge is 0.342 e. The Bertz CT molecular complexity index is 1560. The minimum atomic E-state index is -0.822. The predicted octanol–water partition coefficient (Wildman–Crippen LogP) is 4.82. The average Bonchev–Trinajstić information content (AvgIpc) is 3.09. The Hall–Kier alpha value is -5.23. The number of esters is 4. The third-order valence-electron chi connectivity index (χ3n) is 7.33. The first-order valence-corrected chi connectivity index (χ1v) is 15.1. The highest BCUT2D eigenvalue weighted by atomic mass is 16.6. The standard InChI is InChI=1S/C35H36O12/c1-5-27(36)25-19-23(13-15-28(25)46-30(37)6-2)33(40)32(39)21-9-11-22(12-10-21)34(41)45-24-14-16-29(47-31(38)7-3)26(20-24)35(42)44-18-17-43-8-4/h6-7,13-16,19-22H,2-3,5,8-12,17-18H2,1,4H3. The van der Waals surface area contributed by atoms with Gasteiger partial charge in [-0.1, -0.05) is 20.1 Å². The van der Waals surface area contributed by atoms with E-state index in [9.17, 15) is 33.6 Å². The second-order valence-corrected chi connectivity index (χ2v) is 10.4. The maximum absolute atomic E-state index is 13.1. The molecule has 0 bridgehead atoms. The van der Waals surface area contributed by atoms with Crippen LogP contribution in [0.2, 0.25) is 0 Å². The van der Waals surface area contributed by atoms with Gasteiger partial charge in [-0.15, -0.1) is 0 Å². The molecule has 248 valence electrons. The molecule has 0 radical (unpaired) electrons. The molecule has 0 unspecified atom stereocenters. The molecular weight excluding hydrogens is 612 g/mol. The van der Waals surface area contributed by atoms with Gasteiger partial charge < -0.3 is 23.7 Å². The van der Waals surface area contributed by atoms with Crippen molar-refractivity contribution in [1.82, 2.24) is 0 Å². The summed E-state index contributed by atoms with van der Waals surface area (Å²) in [5.41, 5.74) is -0.159. The van der Waals surface area contributed by atoms with Crippen molar-refractivity contribution >= 4 is 41.2 Å². The highest BCUT2D eigenvalue weighted by Gasteiger charge is 2.34. The minimum Gasteiger partial charge on any atom is -0.460 e. The summed E-state index contributed by atoms with van der Waals surface area (Å²) in [7, 11) is 0. The van der Waals surface area contributed by atoms with Crippen LogP contribution >= 0.6 is 0 Å². The number of carbonyl (C=O) groups excluding carboxylic acids is 7. The summed E-state index contributed by atoms with van der Waals surface area (Å²) in [6.45, 7) is 10.6. The zero-order chi connectivity index (χ0) is 34.5. The van der Waals surface area contributed by atoms with Gasteiger partial charge in [-0.3, -0.25) is 19.2 Å². The molecule has 12 heteroatoms. The fourth-order valence-corrected chi connectivity index (χ4v) is 4.82. The van der Waals surface area contributed by atoms with Crippen molar-refractivity contribution in [3.63, 3.8) is 0 Å². The van der Waals surface area contributed by atoms with E-state index in [1.807, 2.05) is 0 Å². The Kier molecular flexibility index (Phi) is 13.5. The van der Waals surface area contributed by atoms with Crippen LogP contribution in [0.25, 0.3) is 0 Å². The Balaban J connectivity index is 1.66. The molecule has 0 spiro atoms. The summed E-state index contributed by atoms with van der Waals surface area (Å²) in [6, 6.07) is 7.72. The van der Waals surface area contributed by atoms with Crippen LogP contribution in [0.1, 0.15) is 77.0 Å². The molecule has 0 heterocycles. The van der Waals surface area contributed by atoms with E-state index >= 15 is 0 Å². The van der Waals surface area contributed by atoms with Crippen molar-refractivity contribution < 1.29 is 57.2 Å². The zero-order valence-corrected chi connectivity index (χ0v) is 26.2. The summed E-state index contributed by atoms with van der Waals surface area (Å²) >= 11 is 0. The molecule has 0 amide bonds. The van der Waals surface area contributed by atoms with Crippen LogP contribution in [0.4, 0.5) is 0 Å². The molecule has 3 rings (SSSR count). The van der Waals surface area contributed by atoms with Crippen LogP contribution in [0.3, 0.4) is 0 Å². The van der Waals surface area contributed by atoms with Crippen molar-refractivity contribution in [2.24, 2.45) is 11.8 Å². The fourth-order valence-electron chi connectivity index (χ4n) is 4.82. The molecule has 47 heavy (non-hydrogen) atoms. The van der Waals surface area contributed by atoms with Crippen molar-refractivity contribution in [2.75, 3.05) is 19.8 Å². The lowest BCUT2D eigenvalue weighted by molar-refractivity contribution is -0.141. The van der Waals surface area contributed by atoms with E-state index < -0.39 is 47.3 Å². The Morgan fingerprint density at radius 3 is 1.94 bits per heavy atom. The maximum Gasteiger partial charge on any atom is 0.342 e. The van der Waals surface area contributed by atoms with Gasteiger partial charge in [0.25, 0.3) is 0 Å². The summed E-state index contributed by atoms with van der Waals surface area (Å²) < 4.78 is 26.1. The summed E-state index contributed by atoms with van der Waals surface area (Å²) in [5.74, 6) is -6.19. The second kappa shape index (κ2) is 17.5. The van der Waals surface area contributed by atoms with E-state index in [-0.39, 0.29) is 85.0 Å². The van der Waals surface area contributed by atoms with Gasteiger partial charge in [0.1, 0.15) is 29.4 Å². The average molecular weight is 649 g/mol. The number of ether oxygens (including phenoxy) is 5. The predicted molar refractivity (Wildman–Crippen MR) is 166 cm³/mol. The molecule has 1 saturated carbocycles. The van der Waals surface area contributed by atoms with E-state index in [0.29, 0.717) is 6.61 Å². The molecule has 0 N–H and O–H groups in total. The van der Waals surface area contributed by atoms with Gasteiger partial charge in [0, 0.05) is 36.7 Å². The number of ketones is 3. The second-order valence-electron chi connectivity index (χ2n) is 10.4. The molecule has 1 aliphatic carbocycles. The fraction of sp³-hybridized carbons (Fsp3) is 0.343. The first-order chi connectivity index (χ1) is 22.5. The van der Waals surface area contributed by atoms with Crippen molar-refractivity contribution in [3.05, 3.63) is 78.4 Å². The Labute approximate surface area is 271 Å². The Morgan fingerprint density at radius 2 is 1.34 bits per heavy atom. The van der Waals surface area contributed by atoms with Crippen LogP contribution in [0, 0.1) is 11.8 Å². The lowest BCUT2D eigenvalue weighted by Crippen LogP contribution is -2.31. The van der Waals surface area contributed by atoms with Gasteiger partial charge in [0.2, 0.25) is 11.6 Å². The van der Waals surface area contributed by atoms with Gasteiger partial charge in [-0.25, -0.2) is 14.4 Å². The highest BCUT2D eigenvalue weighted by Crippen LogP contribution is 2.33. The van der Waals surface area contributed by atoms with Crippen LogP contribution in [0.15, 0.2) is 61.7 Å². The van der Waals surface area contributed by atoms with Gasteiger partial charge in [-0.05, 0) is 69.0 Å². The molecule has 0 aromatic heterocycles. The quantitative estimate of drug-likeness (QED) is 0.0609. The van der Waals surface area contributed by atoms with E-state index in [2.05, 4.69) is 13.2 Å². The summed E-state index contributed by atoms with van der Waals surface area (Å²) in [6.07, 6.45) is 2.96. The molecular formula is C35H36O12. The number of hydrogen-bond donors (Lipinski definition) is 0. The zero-order valence-electron chi connectivity index (χ0n) is 26.2. The van der Waals surface area contributed by atoms with E-state index in [1.165, 1.54) is 36.4 Å². The lowest BCUT2D eigenvalue weighted by atomic mass is 9.78. The third-order valence-corrected chi connectivity index (χ3v) is 7.33. The monoisotopic (exact) mass is 648 g/mol. The number of Topliss-reactive ketones (excluding diaryl/α,β-unsaturated/α-hetero) is 3. The van der Waals surface area contributed by atoms with Crippen molar-refractivity contribution in [2.45, 2.75) is 46.0 Å². The minimum absolute atomic E-state index is 0.00151. The SMILES string of the molecule is C=CC(=O)Oc1ccc(C(=O)C(=O)C2CCC(C(=O)Oc3ccc(OC(=O)C=C)c(C(=O)OCCOCC)c3)CC2)cc1C(=O)CC. The van der Waals surface area contributed by atoms with Crippen molar-refractivity contribution in [3.8, 4) is 17.2 Å². The molecule has 0 aliphatic heterocycles. The first-order valence-electron chi connectivity index (χ1n) is 15.1. The molecule has 1 fully saturated rings. The summed E-state index contributed by atoms with van der Waals surface area (Å²) in [4.78, 5) is 87.8. The molecule has 1 aliphatic rings. The van der Waals surface area contributed by atoms with Crippen LogP contribution in [0.5, 0.6) is 17.2 Å². The highest BCUT2D eigenvalue weighted by molar-refractivity contribution is 6.44. The third kappa shape index (κ3) is 9.88. The van der Waals surface area contributed by atoms with E-state index in [1.54, 1.807) is 13.8 Å². The van der Waals surface area contributed by atoms with Gasteiger partial charge in [-0.2, -0.15) is 0 Å². The number of benzene rings is 2. The van der Waals surface area contributed by atoms with Gasteiger partial charge >= 0.3 is 23.9 Å². The lowest BCUT2D eigenvalue weighted by Gasteiger charge is -2.26.